The van der Waals surface area contributed by atoms with Gasteiger partial charge in [0.05, 0.1) is 0 Å². The molecule has 1 aromatic rings. The Morgan fingerprint density at radius 1 is 1.05 bits per heavy atom. The molecule has 0 unspecified atom stereocenters. The molecular weight excluding hydrogens is 303 g/mol. The van der Waals surface area contributed by atoms with Crippen LogP contribution in [0.25, 0.3) is 0 Å². The summed E-state index contributed by atoms with van der Waals surface area (Å²) in [4.78, 5) is 2.73. The Balaban J connectivity index is 0.00000110. The molecule has 2 fully saturated rings. The first-order valence-electron chi connectivity index (χ1n) is 7.86. The summed E-state index contributed by atoms with van der Waals surface area (Å²) in [5, 5.41) is 3.48. The first-order chi connectivity index (χ1) is 9.36. The summed E-state index contributed by atoms with van der Waals surface area (Å²) >= 11 is 0. The largest absolute Gasteiger partial charge is 0.314 e. The van der Waals surface area contributed by atoms with Crippen LogP contribution in [0.4, 0.5) is 0 Å². The molecule has 0 spiro atoms. The van der Waals surface area contributed by atoms with Gasteiger partial charge >= 0.3 is 0 Å². The van der Waals surface area contributed by atoms with Gasteiger partial charge in [0.1, 0.15) is 0 Å². The van der Waals surface area contributed by atoms with Crippen molar-refractivity contribution in [1.82, 2.24) is 10.2 Å². The van der Waals surface area contributed by atoms with Gasteiger partial charge in [-0.05, 0) is 36.8 Å². The fraction of sp³-hybridized carbons (Fsp3) is 0.647. The average Bonchev–Trinajstić information content (AvgIpc) is 2.96. The first-order valence-corrected chi connectivity index (χ1v) is 7.86. The first kappa shape index (κ1) is 18.8. The van der Waals surface area contributed by atoms with Gasteiger partial charge in [-0.2, -0.15) is 0 Å². The minimum atomic E-state index is 0. The molecule has 1 aliphatic carbocycles. The van der Waals surface area contributed by atoms with E-state index in [4.69, 9.17) is 0 Å². The molecule has 21 heavy (non-hydrogen) atoms. The third kappa shape index (κ3) is 4.35. The van der Waals surface area contributed by atoms with E-state index >= 15 is 0 Å². The highest BCUT2D eigenvalue weighted by Crippen LogP contribution is 2.40. The lowest BCUT2D eigenvalue weighted by Gasteiger charge is -2.39. The van der Waals surface area contributed by atoms with Gasteiger partial charge in [-0.3, -0.25) is 4.90 Å². The number of hydrogen-bond donors (Lipinski definition) is 1. The normalized spacial score (nSPS) is 21.4. The second-order valence-electron chi connectivity index (χ2n) is 6.13. The van der Waals surface area contributed by atoms with E-state index in [-0.39, 0.29) is 24.8 Å². The quantitative estimate of drug-likeness (QED) is 0.901. The number of halogens is 2. The van der Waals surface area contributed by atoms with Crippen LogP contribution in [-0.4, -0.2) is 31.1 Å². The van der Waals surface area contributed by atoms with Crippen LogP contribution in [0.5, 0.6) is 0 Å². The highest BCUT2D eigenvalue weighted by atomic mass is 35.5. The Kier molecular flexibility index (Phi) is 8.04. The van der Waals surface area contributed by atoms with Gasteiger partial charge in [0.25, 0.3) is 0 Å². The molecule has 2 nitrogen and oxygen atoms in total. The van der Waals surface area contributed by atoms with Crippen LogP contribution in [0.3, 0.4) is 0 Å². The van der Waals surface area contributed by atoms with E-state index in [9.17, 15) is 0 Å². The number of piperazine rings is 1. The summed E-state index contributed by atoms with van der Waals surface area (Å²) in [6.45, 7) is 6.98. The van der Waals surface area contributed by atoms with Crippen molar-refractivity contribution in [2.45, 2.75) is 38.6 Å². The Bertz CT molecular complexity index is 413. The van der Waals surface area contributed by atoms with Crippen molar-refractivity contribution in [3.05, 3.63) is 35.4 Å². The zero-order valence-corrected chi connectivity index (χ0v) is 14.5. The fourth-order valence-electron chi connectivity index (χ4n) is 3.90. The van der Waals surface area contributed by atoms with E-state index < -0.39 is 0 Å². The van der Waals surface area contributed by atoms with Crippen LogP contribution in [0.2, 0.25) is 0 Å². The maximum atomic E-state index is 3.48. The fourth-order valence-corrected chi connectivity index (χ4v) is 3.90. The minimum Gasteiger partial charge on any atom is -0.314 e. The predicted octanol–water partition coefficient (Wildman–Crippen LogP) is 3.98. The molecule has 1 saturated carbocycles. The lowest BCUT2D eigenvalue weighted by Crippen LogP contribution is -2.46. The van der Waals surface area contributed by atoms with Gasteiger partial charge in [-0.1, -0.05) is 37.1 Å². The van der Waals surface area contributed by atoms with Gasteiger partial charge in [0.15, 0.2) is 0 Å². The Morgan fingerprint density at radius 2 is 1.67 bits per heavy atom. The molecule has 2 aliphatic rings. The summed E-state index contributed by atoms with van der Waals surface area (Å²) in [6.07, 6.45) is 5.70. The van der Waals surface area contributed by atoms with Gasteiger partial charge < -0.3 is 5.32 Å². The number of hydrogen-bond acceptors (Lipinski definition) is 2. The monoisotopic (exact) mass is 330 g/mol. The molecule has 4 heteroatoms. The van der Waals surface area contributed by atoms with Crippen LogP contribution in [0.1, 0.15) is 42.9 Å². The number of nitrogens with zero attached hydrogens (tertiary/aromatic N) is 1. The second kappa shape index (κ2) is 8.99. The van der Waals surface area contributed by atoms with Crippen LogP contribution >= 0.6 is 24.8 Å². The summed E-state index contributed by atoms with van der Waals surface area (Å²) in [5.74, 6) is 0.874. The molecule has 1 atom stereocenters. The molecule has 0 radical (unpaired) electrons. The van der Waals surface area contributed by atoms with Crippen LogP contribution < -0.4 is 5.32 Å². The minimum absolute atomic E-state index is 0. The highest BCUT2D eigenvalue weighted by Gasteiger charge is 2.32. The number of nitrogens with one attached hydrogen (secondary N) is 1. The Morgan fingerprint density at radius 3 is 2.29 bits per heavy atom. The molecule has 1 aromatic carbocycles. The molecule has 120 valence electrons. The lowest BCUT2D eigenvalue weighted by atomic mass is 9.87. The van der Waals surface area contributed by atoms with Crippen LogP contribution in [0.15, 0.2) is 24.3 Å². The number of benzene rings is 1. The number of rotatable bonds is 3. The predicted molar refractivity (Wildman–Crippen MR) is 94.8 cm³/mol. The van der Waals surface area contributed by atoms with Crippen LogP contribution in [-0.2, 0) is 0 Å². The molecule has 1 saturated heterocycles. The molecule has 0 bridgehead atoms. The molecule has 1 N–H and O–H groups in total. The van der Waals surface area contributed by atoms with Crippen molar-refractivity contribution in [3.8, 4) is 0 Å². The molecule has 0 amide bonds. The average molecular weight is 331 g/mol. The summed E-state index contributed by atoms with van der Waals surface area (Å²) in [7, 11) is 0. The van der Waals surface area contributed by atoms with Crippen molar-refractivity contribution >= 4 is 24.8 Å². The maximum Gasteiger partial charge on any atom is 0.0379 e. The summed E-state index contributed by atoms with van der Waals surface area (Å²) < 4.78 is 0. The Hall–Kier alpha value is -0.280. The maximum absolute atomic E-state index is 3.48. The van der Waals surface area contributed by atoms with E-state index in [1.807, 2.05) is 0 Å². The molecule has 1 aliphatic heterocycles. The number of aryl methyl sites for hydroxylation is 1. The van der Waals surface area contributed by atoms with Crippen LogP contribution in [0, 0.1) is 12.8 Å². The molecular formula is C17H28Cl2N2. The van der Waals surface area contributed by atoms with E-state index in [0.717, 1.165) is 19.0 Å². The summed E-state index contributed by atoms with van der Waals surface area (Å²) in [5.41, 5.74) is 3.05. The van der Waals surface area contributed by atoms with Crippen molar-refractivity contribution < 1.29 is 0 Å². The van der Waals surface area contributed by atoms with Crippen molar-refractivity contribution in [3.63, 3.8) is 0 Å². The van der Waals surface area contributed by atoms with Crippen molar-refractivity contribution in [2.75, 3.05) is 26.2 Å². The Labute approximate surface area is 141 Å². The van der Waals surface area contributed by atoms with Gasteiger partial charge in [-0.15, -0.1) is 24.8 Å². The zero-order valence-electron chi connectivity index (χ0n) is 12.9. The van der Waals surface area contributed by atoms with Gasteiger partial charge in [-0.25, -0.2) is 0 Å². The lowest BCUT2D eigenvalue weighted by molar-refractivity contribution is 0.125. The van der Waals surface area contributed by atoms with E-state index in [1.165, 1.54) is 44.3 Å². The third-order valence-corrected chi connectivity index (χ3v) is 4.90. The van der Waals surface area contributed by atoms with E-state index in [1.54, 1.807) is 5.56 Å². The highest BCUT2D eigenvalue weighted by molar-refractivity contribution is 5.85. The zero-order chi connectivity index (χ0) is 13.1. The smallest absolute Gasteiger partial charge is 0.0379 e. The molecule has 0 aromatic heterocycles. The van der Waals surface area contributed by atoms with E-state index in [0.29, 0.717) is 6.04 Å². The second-order valence-corrected chi connectivity index (χ2v) is 6.13. The van der Waals surface area contributed by atoms with Crippen molar-refractivity contribution in [2.24, 2.45) is 5.92 Å². The topological polar surface area (TPSA) is 15.3 Å². The summed E-state index contributed by atoms with van der Waals surface area (Å²) in [6, 6.07) is 9.68. The SMILES string of the molecule is Cc1ccccc1[C@H](C1CCCC1)N1CCNCC1.Cl.Cl. The van der Waals surface area contributed by atoms with Gasteiger partial charge in [0, 0.05) is 32.2 Å². The molecule has 3 rings (SSSR count). The third-order valence-electron chi connectivity index (χ3n) is 4.90. The van der Waals surface area contributed by atoms with Gasteiger partial charge in [0.2, 0.25) is 0 Å². The molecule has 1 heterocycles. The van der Waals surface area contributed by atoms with E-state index in [2.05, 4.69) is 41.4 Å². The van der Waals surface area contributed by atoms with Crippen molar-refractivity contribution in [1.29, 1.82) is 0 Å². The standard InChI is InChI=1S/C17H26N2.2ClH/c1-14-6-2-5-9-16(14)17(15-7-3-4-8-15)19-12-10-18-11-13-19;;/h2,5-6,9,15,17-18H,3-4,7-8,10-13H2,1H3;2*1H/t17-;;/m0../s1.